The Hall–Kier alpha value is -2.66. The molecule has 1 aromatic carbocycles. The number of rotatable bonds is 4. The van der Waals surface area contributed by atoms with E-state index in [1.54, 1.807) is 55.7 Å². The van der Waals surface area contributed by atoms with Crippen molar-refractivity contribution in [2.24, 2.45) is 0 Å². The van der Waals surface area contributed by atoms with E-state index in [0.29, 0.717) is 22.0 Å². The molecule has 0 N–H and O–H groups in total. The number of nitrogens with zero attached hydrogens (tertiary/aromatic N) is 3. The molecule has 0 aliphatic heterocycles. The Morgan fingerprint density at radius 1 is 1.21 bits per heavy atom. The molecule has 3 rings (SSSR count). The molecule has 2 heterocycles. The molecule has 24 heavy (non-hydrogen) atoms. The van der Waals surface area contributed by atoms with Crippen LogP contribution >= 0.6 is 11.6 Å². The molecule has 0 aliphatic rings. The first kappa shape index (κ1) is 16.2. The van der Waals surface area contributed by atoms with Crippen molar-refractivity contribution in [3.05, 3.63) is 82.8 Å². The lowest BCUT2D eigenvalue weighted by molar-refractivity contribution is 0.0750. The SMILES string of the molecule is Cc1occc1C(=O)N(C)[C@@H](c1ccc(Cl)cc1)c1cnccn1. The number of aromatic nitrogens is 2. The monoisotopic (exact) mass is 341 g/mol. The fraction of sp³-hybridized carbons (Fsp3) is 0.167. The molecule has 2 aromatic heterocycles. The van der Waals surface area contributed by atoms with Gasteiger partial charge in [0.2, 0.25) is 0 Å². The van der Waals surface area contributed by atoms with Crippen molar-refractivity contribution in [1.82, 2.24) is 14.9 Å². The van der Waals surface area contributed by atoms with Crippen molar-refractivity contribution in [3.8, 4) is 0 Å². The summed E-state index contributed by atoms with van der Waals surface area (Å²) in [6.07, 6.45) is 6.38. The molecule has 5 nitrogen and oxygen atoms in total. The van der Waals surface area contributed by atoms with Crippen molar-refractivity contribution in [3.63, 3.8) is 0 Å². The zero-order valence-corrected chi connectivity index (χ0v) is 14.1. The summed E-state index contributed by atoms with van der Waals surface area (Å²) in [4.78, 5) is 23.0. The molecule has 0 spiro atoms. The van der Waals surface area contributed by atoms with Crippen LogP contribution < -0.4 is 0 Å². The number of benzene rings is 1. The van der Waals surface area contributed by atoms with Crippen molar-refractivity contribution in [2.45, 2.75) is 13.0 Å². The first-order valence-electron chi connectivity index (χ1n) is 7.40. The van der Waals surface area contributed by atoms with E-state index in [0.717, 1.165) is 5.56 Å². The number of halogens is 1. The Morgan fingerprint density at radius 3 is 2.54 bits per heavy atom. The second-order valence-corrected chi connectivity index (χ2v) is 5.83. The van der Waals surface area contributed by atoms with Crippen LogP contribution in [0.25, 0.3) is 0 Å². The minimum atomic E-state index is -0.377. The zero-order valence-electron chi connectivity index (χ0n) is 13.3. The van der Waals surface area contributed by atoms with Crippen LogP contribution in [0.2, 0.25) is 5.02 Å². The molecular weight excluding hydrogens is 326 g/mol. The number of hydrogen-bond acceptors (Lipinski definition) is 4. The minimum absolute atomic E-state index is 0.146. The predicted octanol–water partition coefficient (Wildman–Crippen LogP) is 3.89. The van der Waals surface area contributed by atoms with Gasteiger partial charge >= 0.3 is 0 Å². The van der Waals surface area contributed by atoms with Crippen LogP contribution in [0.15, 0.2) is 59.6 Å². The molecule has 0 saturated heterocycles. The van der Waals surface area contributed by atoms with Crippen LogP contribution in [0, 0.1) is 6.92 Å². The molecule has 0 unspecified atom stereocenters. The highest BCUT2D eigenvalue weighted by Crippen LogP contribution is 2.28. The van der Waals surface area contributed by atoms with E-state index in [1.165, 1.54) is 6.26 Å². The first-order chi connectivity index (χ1) is 11.6. The van der Waals surface area contributed by atoms with E-state index in [4.69, 9.17) is 16.0 Å². The third-order valence-electron chi connectivity index (χ3n) is 3.85. The topological polar surface area (TPSA) is 59.2 Å². The van der Waals surface area contributed by atoms with Gasteiger partial charge in [-0.15, -0.1) is 0 Å². The molecule has 1 atom stereocenters. The number of carbonyl (C=O) groups excluding carboxylic acids is 1. The largest absolute Gasteiger partial charge is 0.469 e. The van der Waals surface area contributed by atoms with Gasteiger partial charge in [0.05, 0.1) is 23.7 Å². The number of amides is 1. The third kappa shape index (κ3) is 3.16. The Kier molecular flexibility index (Phi) is 4.62. The first-order valence-corrected chi connectivity index (χ1v) is 7.78. The zero-order chi connectivity index (χ0) is 17.1. The Labute approximate surface area is 144 Å². The van der Waals surface area contributed by atoms with Gasteiger partial charge in [-0.25, -0.2) is 0 Å². The summed E-state index contributed by atoms with van der Waals surface area (Å²) in [5, 5.41) is 0.635. The van der Waals surface area contributed by atoms with E-state index >= 15 is 0 Å². The van der Waals surface area contributed by atoms with Crippen LogP contribution in [0.4, 0.5) is 0 Å². The summed E-state index contributed by atoms with van der Waals surface area (Å²) in [7, 11) is 1.74. The van der Waals surface area contributed by atoms with Crippen molar-refractivity contribution < 1.29 is 9.21 Å². The van der Waals surface area contributed by atoms with Gasteiger partial charge in [-0.3, -0.25) is 14.8 Å². The summed E-state index contributed by atoms with van der Waals surface area (Å²) in [6.45, 7) is 1.76. The van der Waals surface area contributed by atoms with E-state index in [1.807, 2.05) is 12.1 Å². The van der Waals surface area contributed by atoms with Gasteiger partial charge in [-0.1, -0.05) is 23.7 Å². The molecule has 122 valence electrons. The highest BCUT2D eigenvalue weighted by molar-refractivity contribution is 6.30. The standard InChI is InChI=1S/C18H16ClN3O2/c1-12-15(7-10-24-12)18(23)22(2)17(16-11-20-8-9-21-16)13-3-5-14(19)6-4-13/h3-11,17H,1-2H3/t17-/m0/s1. The maximum Gasteiger partial charge on any atom is 0.257 e. The second kappa shape index (κ2) is 6.84. The minimum Gasteiger partial charge on any atom is -0.469 e. The average Bonchev–Trinajstić information content (AvgIpc) is 3.03. The fourth-order valence-corrected chi connectivity index (χ4v) is 2.73. The van der Waals surface area contributed by atoms with E-state index < -0.39 is 0 Å². The molecule has 0 saturated carbocycles. The number of aryl methyl sites for hydroxylation is 1. The molecular formula is C18H16ClN3O2. The van der Waals surface area contributed by atoms with E-state index in [-0.39, 0.29) is 11.9 Å². The van der Waals surface area contributed by atoms with Crippen molar-refractivity contribution in [2.75, 3.05) is 7.05 Å². The van der Waals surface area contributed by atoms with E-state index in [2.05, 4.69) is 9.97 Å². The molecule has 1 amide bonds. The lowest BCUT2D eigenvalue weighted by Crippen LogP contribution is -2.32. The quantitative estimate of drug-likeness (QED) is 0.722. The molecule has 0 fully saturated rings. The summed E-state index contributed by atoms with van der Waals surface area (Å²) < 4.78 is 5.25. The van der Waals surface area contributed by atoms with Crippen LogP contribution in [0.3, 0.4) is 0 Å². The van der Waals surface area contributed by atoms with Gasteiger partial charge in [0.1, 0.15) is 11.8 Å². The predicted molar refractivity (Wildman–Crippen MR) is 90.9 cm³/mol. The average molecular weight is 342 g/mol. The molecule has 6 heteroatoms. The summed E-state index contributed by atoms with van der Waals surface area (Å²) in [6, 6.07) is 8.65. The van der Waals surface area contributed by atoms with Gasteiger partial charge in [-0.2, -0.15) is 0 Å². The van der Waals surface area contributed by atoms with Crippen molar-refractivity contribution in [1.29, 1.82) is 0 Å². The number of carbonyl (C=O) groups is 1. The normalized spacial score (nSPS) is 12.0. The molecule has 0 aliphatic carbocycles. The van der Waals surface area contributed by atoms with Crippen LogP contribution in [0.5, 0.6) is 0 Å². The van der Waals surface area contributed by atoms with Gasteiger partial charge in [0.25, 0.3) is 5.91 Å². The van der Waals surface area contributed by atoms with Gasteiger partial charge in [-0.05, 0) is 30.7 Å². The summed E-state index contributed by atoms with van der Waals surface area (Å²) in [5.41, 5.74) is 2.11. The molecule has 0 bridgehead atoms. The summed E-state index contributed by atoms with van der Waals surface area (Å²) >= 11 is 5.99. The Balaban J connectivity index is 2.03. The molecule has 0 radical (unpaired) electrons. The molecule has 3 aromatic rings. The Bertz CT molecular complexity index is 831. The third-order valence-corrected chi connectivity index (χ3v) is 4.10. The van der Waals surface area contributed by atoms with Gasteiger partial charge in [0.15, 0.2) is 0 Å². The highest BCUT2D eigenvalue weighted by Gasteiger charge is 2.27. The van der Waals surface area contributed by atoms with Gasteiger partial charge < -0.3 is 9.32 Å². The second-order valence-electron chi connectivity index (χ2n) is 5.39. The van der Waals surface area contributed by atoms with Crippen LogP contribution in [-0.4, -0.2) is 27.8 Å². The van der Waals surface area contributed by atoms with E-state index in [9.17, 15) is 4.79 Å². The number of furan rings is 1. The highest BCUT2D eigenvalue weighted by atomic mass is 35.5. The fourth-order valence-electron chi connectivity index (χ4n) is 2.60. The lowest BCUT2D eigenvalue weighted by atomic mass is 10.0. The maximum atomic E-state index is 12.9. The maximum absolute atomic E-state index is 12.9. The van der Waals surface area contributed by atoms with Crippen molar-refractivity contribution >= 4 is 17.5 Å². The van der Waals surface area contributed by atoms with Crippen LogP contribution in [0.1, 0.15) is 33.4 Å². The van der Waals surface area contributed by atoms with Gasteiger partial charge in [0, 0.05) is 24.5 Å². The smallest absolute Gasteiger partial charge is 0.257 e. The summed E-state index contributed by atoms with van der Waals surface area (Å²) in [5.74, 6) is 0.438. The number of hydrogen-bond donors (Lipinski definition) is 0. The Morgan fingerprint density at radius 2 is 1.96 bits per heavy atom. The van der Waals surface area contributed by atoms with Crippen LogP contribution in [-0.2, 0) is 0 Å². The lowest BCUT2D eigenvalue weighted by Gasteiger charge is -2.28.